The number of benzene rings is 1. The minimum Gasteiger partial charge on any atom is -0.272 e. The largest absolute Gasteiger partial charge is 0.301 e. The fraction of sp³-hybridized carbons (Fsp3) is 0.321. The molecule has 0 saturated heterocycles. The summed E-state index contributed by atoms with van der Waals surface area (Å²) in [6, 6.07) is 3.33. The molecule has 1 N–H and O–H groups in total. The van der Waals surface area contributed by atoms with Gasteiger partial charge in [-0.1, -0.05) is 73.1 Å². The predicted molar refractivity (Wildman–Crippen MR) is 147 cm³/mol. The zero-order valence-electron chi connectivity index (χ0n) is 21.5. The second-order valence-electron chi connectivity index (χ2n) is 9.44. The predicted octanol–water partition coefficient (Wildman–Crippen LogP) is 7.99. The van der Waals surface area contributed by atoms with Gasteiger partial charge in [0.05, 0.1) is 15.9 Å². The maximum atomic E-state index is 11.1. The summed E-state index contributed by atoms with van der Waals surface area (Å²) in [5.41, 5.74) is 7.22. The molecule has 0 fully saturated rings. The Bertz CT molecular complexity index is 1200. The van der Waals surface area contributed by atoms with Gasteiger partial charge in [0.25, 0.3) is 5.69 Å². The van der Waals surface area contributed by atoms with Crippen molar-refractivity contribution in [3.05, 3.63) is 109 Å². The van der Waals surface area contributed by atoms with Crippen LogP contribution in [0.1, 0.15) is 53.9 Å². The van der Waals surface area contributed by atoms with Gasteiger partial charge in [-0.05, 0) is 63.2 Å². The van der Waals surface area contributed by atoms with Crippen LogP contribution in [-0.2, 0) is 0 Å². The van der Waals surface area contributed by atoms with Gasteiger partial charge in [-0.2, -0.15) is 5.10 Å². The summed E-state index contributed by atoms with van der Waals surface area (Å²) >= 11 is 0. The number of nitro groups is 2. The van der Waals surface area contributed by atoms with Crippen molar-refractivity contribution in [2.75, 3.05) is 5.43 Å². The van der Waals surface area contributed by atoms with E-state index >= 15 is 0 Å². The Balaban J connectivity index is 1.92. The Morgan fingerprint density at radius 3 is 2.39 bits per heavy atom. The van der Waals surface area contributed by atoms with Gasteiger partial charge in [0, 0.05) is 12.3 Å². The summed E-state index contributed by atoms with van der Waals surface area (Å²) < 4.78 is 0. The third-order valence-electron chi connectivity index (χ3n) is 5.98. The summed E-state index contributed by atoms with van der Waals surface area (Å²) in [6.07, 6.45) is 21.0. The minimum absolute atomic E-state index is 0.0691. The second kappa shape index (κ2) is 13.1. The smallest absolute Gasteiger partial charge is 0.272 e. The fourth-order valence-electron chi connectivity index (χ4n) is 3.97. The van der Waals surface area contributed by atoms with Gasteiger partial charge in [0.15, 0.2) is 0 Å². The Hall–Kier alpha value is -4.07. The van der Waals surface area contributed by atoms with Crippen LogP contribution in [0.4, 0.5) is 17.1 Å². The van der Waals surface area contributed by atoms with Crippen molar-refractivity contribution < 1.29 is 9.85 Å². The summed E-state index contributed by atoms with van der Waals surface area (Å²) in [7, 11) is 0. The molecule has 2 rings (SSSR count). The lowest BCUT2D eigenvalue weighted by Crippen LogP contribution is -2.19. The van der Waals surface area contributed by atoms with Crippen molar-refractivity contribution in [3.8, 4) is 0 Å². The molecule has 0 saturated carbocycles. The highest BCUT2D eigenvalue weighted by Crippen LogP contribution is 2.40. The molecule has 0 atom stereocenters. The molecule has 0 radical (unpaired) electrons. The molecule has 0 heterocycles. The highest BCUT2D eigenvalue weighted by Gasteiger charge is 2.26. The zero-order chi connectivity index (χ0) is 26.7. The van der Waals surface area contributed by atoms with Crippen LogP contribution in [0.25, 0.3) is 0 Å². The standard InChI is InChI=1S/C28H34N4O4/c1-21(11-8-12-22(2)14-16-25-23(3)13-9-18-28(25,4)5)10-6-7-19-29-30-26-17-15-24(31(33)34)20-27(26)32(35)36/h6-8,10-12,14-17,19-20,30H,9,13,18H2,1-5H3/b7-6+,11-8+,16-14+,21-10+,22-12+,29-19+. The lowest BCUT2D eigenvalue weighted by molar-refractivity contribution is -0.393. The van der Waals surface area contributed by atoms with Crippen LogP contribution in [0.15, 0.2) is 94.2 Å². The van der Waals surface area contributed by atoms with Crippen LogP contribution >= 0.6 is 0 Å². The Kier molecular flexibility index (Phi) is 10.3. The van der Waals surface area contributed by atoms with Gasteiger partial charge in [-0.15, -0.1) is 0 Å². The van der Waals surface area contributed by atoms with E-state index in [0.29, 0.717) is 0 Å². The molecule has 0 aromatic heterocycles. The third kappa shape index (κ3) is 8.61. The molecule has 0 spiro atoms. The molecule has 8 nitrogen and oxygen atoms in total. The average Bonchev–Trinajstić information content (AvgIpc) is 2.80. The van der Waals surface area contributed by atoms with Gasteiger partial charge in [0.1, 0.15) is 5.69 Å². The van der Waals surface area contributed by atoms with Gasteiger partial charge in [-0.3, -0.25) is 25.7 Å². The van der Waals surface area contributed by atoms with Crippen LogP contribution in [-0.4, -0.2) is 16.1 Å². The van der Waals surface area contributed by atoms with E-state index in [-0.39, 0.29) is 16.8 Å². The third-order valence-corrected chi connectivity index (χ3v) is 5.98. The maximum Gasteiger partial charge on any atom is 0.301 e. The van der Waals surface area contributed by atoms with Crippen molar-refractivity contribution >= 4 is 23.3 Å². The molecule has 0 aliphatic heterocycles. The Labute approximate surface area is 212 Å². The normalized spacial score (nSPS) is 17.1. The minimum atomic E-state index is -0.694. The summed E-state index contributed by atoms with van der Waals surface area (Å²) in [5, 5.41) is 25.8. The van der Waals surface area contributed by atoms with E-state index < -0.39 is 15.5 Å². The molecule has 1 aliphatic carbocycles. The maximum absolute atomic E-state index is 11.1. The molecule has 8 heteroatoms. The van der Waals surface area contributed by atoms with Gasteiger partial charge in [-0.25, -0.2) is 0 Å². The van der Waals surface area contributed by atoms with E-state index in [4.69, 9.17) is 0 Å². The number of nitro benzene ring substituents is 2. The number of rotatable bonds is 10. The number of nitrogens with zero attached hydrogens (tertiary/aromatic N) is 3. The van der Waals surface area contributed by atoms with E-state index in [1.165, 1.54) is 54.3 Å². The molecular formula is C28H34N4O4. The van der Waals surface area contributed by atoms with Gasteiger partial charge >= 0.3 is 5.69 Å². The number of non-ortho nitro benzene ring substituents is 1. The van der Waals surface area contributed by atoms with Crippen molar-refractivity contribution in [2.24, 2.45) is 10.5 Å². The SMILES string of the molecule is CC1=C(/C=C/C(C)=C/C=C/C(C)=C/C=C/C=N/Nc2ccc([N+](=O)[O-])cc2[N+](=O)[O-])C(C)(C)CCC1. The van der Waals surface area contributed by atoms with E-state index in [1.54, 1.807) is 12.2 Å². The number of allylic oxidation sites excluding steroid dienone is 12. The monoisotopic (exact) mass is 490 g/mol. The number of nitrogens with one attached hydrogen (secondary N) is 1. The van der Waals surface area contributed by atoms with E-state index in [9.17, 15) is 20.2 Å². The summed E-state index contributed by atoms with van der Waals surface area (Å²) in [4.78, 5) is 20.6. The number of anilines is 1. The van der Waals surface area contributed by atoms with Crippen molar-refractivity contribution in [1.29, 1.82) is 0 Å². The van der Waals surface area contributed by atoms with Gasteiger partial charge < -0.3 is 0 Å². The van der Waals surface area contributed by atoms with E-state index in [2.05, 4.69) is 56.5 Å². The quantitative estimate of drug-likeness (QED) is 0.155. The first kappa shape index (κ1) is 28.2. The van der Waals surface area contributed by atoms with Crippen molar-refractivity contribution in [2.45, 2.75) is 53.9 Å². The molecular weight excluding hydrogens is 456 g/mol. The second-order valence-corrected chi connectivity index (χ2v) is 9.44. The van der Waals surface area contributed by atoms with Crippen LogP contribution in [0.5, 0.6) is 0 Å². The molecule has 1 aromatic rings. The molecule has 1 aliphatic rings. The molecule has 0 amide bonds. The first-order chi connectivity index (χ1) is 17.0. The average molecular weight is 491 g/mol. The van der Waals surface area contributed by atoms with Crippen LogP contribution in [0.3, 0.4) is 0 Å². The topological polar surface area (TPSA) is 111 Å². The molecule has 36 heavy (non-hydrogen) atoms. The Morgan fingerprint density at radius 2 is 1.72 bits per heavy atom. The lowest BCUT2D eigenvalue weighted by Gasteiger charge is -2.32. The highest BCUT2D eigenvalue weighted by atomic mass is 16.6. The summed E-state index contributed by atoms with van der Waals surface area (Å²) in [6.45, 7) is 10.9. The zero-order valence-corrected chi connectivity index (χ0v) is 21.5. The number of hydrogen-bond donors (Lipinski definition) is 1. The molecule has 1 aromatic carbocycles. The van der Waals surface area contributed by atoms with Crippen LogP contribution in [0.2, 0.25) is 0 Å². The summed E-state index contributed by atoms with van der Waals surface area (Å²) in [5.74, 6) is 0. The molecule has 0 bridgehead atoms. The first-order valence-corrected chi connectivity index (χ1v) is 11.8. The van der Waals surface area contributed by atoms with Crippen LogP contribution < -0.4 is 5.43 Å². The fourth-order valence-corrected chi connectivity index (χ4v) is 3.97. The van der Waals surface area contributed by atoms with E-state index in [1.807, 2.05) is 25.2 Å². The number of hydrazone groups is 1. The van der Waals surface area contributed by atoms with Crippen molar-refractivity contribution in [3.63, 3.8) is 0 Å². The van der Waals surface area contributed by atoms with Gasteiger partial charge in [0.2, 0.25) is 0 Å². The highest BCUT2D eigenvalue weighted by molar-refractivity contribution is 5.74. The molecule has 0 unspecified atom stereocenters. The van der Waals surface area contributed by atoms with E-state index in [0.717, 1.165) is 11.6 Å². The first-order valence-electron chi connectivity index (χ1n) is 11.8. The Morgan fingerprint density at radius 1 is 1.03 bits per heavy atom. The molecule has 190 valence electrons. The lowest BCUT2D eigenvalue weighted by atomic mass is 9.72. The van der Waals surface area contributed by atoms with Crippen molar-refractivity contribution in [1.82, 2.24) is 0 Å². The van der Waals surface area contributed by atoms with Crippen LogP contribution in [0, 0.1) is 25.6 Å². The number of hydrogen-bond acceptors (Lipinski definition) is 6.